The Hall–Kier alpha value is -4.74. The number of alkyl carbamates (subject to hydrolysis) is 2. The molecule has 0 fully saturated rings. The van der Waals surface area contributed by atoms with E-state index >= 15 is 0 Å². The van der Waals surface area contributed by atoms with Crippen LogP contribution in [0.25, 0.3) is 11.0 Å². The minimum Gasteiger partial charge on any atom is -0.444 e. The summed E-state index contributed by atoms with van der Waals surface area (Å²) in [7, 11) is 0. The van der Waals surface area contributed by atoms with Gasteiger partial charge in [-0.1, -0.05) is 38.1 Å². The maximum absolute atomic E-state index is 13.7. The summed E-state index contributed by atoms with van der Waals surface area (Å²) >= 11 is 0. The molecule has 1 aromatic heterocycles. The van der Waals surface area contributed by atoms with E-state index < -0.39 is 47.3 Å². The smallest absolute Gasteiger partial charge is 0.408 e. The fraction of sp³-hybridized carbons (Fsp3) is 0.471. The molecule has 0 unspecified atom stereocenters. The molecule has 0 aliphatic carbocycles. The van der Waals surface area contributed by atoms with Crippen molar-refractivity contribution in [3.05, 3.63) is 66.0 Å². The summed E-state index contributed by atoms with van der Waals surface area (Å²) < 4.78 is 10.7. The van der Waals surface area contributed by atoms with Crippen molar-refractivity contribution in [1.29, 1.82) is 0 Å². The zero-order valence-corrected chi connectivity index (χ0v) is 27.9. The van der Waals surface area contributed by atoms with Crippen LogP contribution in [-0.4, -0.2) is 57.3 Å². The van der Waals surface area contributed by atoms with Crippen LogP contribution in [0.15, 0.2) is 54.9 Å². The van der Waals surface area contributed by atoms with E-state index in [0.29, 0.717) is 23.1 Å². The number of aryl methyl sites for hydroxylation is 1. The second kappa shape index (κ2) is 15.5. The Bertz CT molecular complexity index is 1530. The van der Waals surface area contributed by atoms with Gasteiger partial charge in [0.05, 0.1) is 11.0 Å². The van der Waals surface area contributed by atoms with Gasteiger partial charge in [0.25, 0.3) is 0 Å². The molecule has 3 aromatic rings. The number of benzene rings is 2. The summed E-state index contributed by atoms with van der Waals surface area (Å²) in [6.45, 7) is 14.4. The van der Waals surface area contributed by atoms with E-state index in [1.54, 1.807) is 86.0 Å². The average molecular weight is 635 g/mol. The summed E-state index contributed by atoms with van der Waals surface area (Å²) in [5, 5.41) is 11.2. The molecule has 2 atom stereocenters. The Kier molecular flexibility index (Phi) is 12.0. The third-order valence-corrected chi connectivity index (χ3v) is 6.63. The number of anilines is 1. The van der Waals surface area contributed by atoms with Crippen LogP contribution in [0, 0.1) is 5.92 Å². The molecule has 2 aromatic carbocycles. The number of ether oxygens (including phenoxy) is 2. The fourth-order valence-electron chi connectivity index (χ4n) is 4.53. The van der Waals surface area contributed by atoms with Crippen molar-refractivity contribution in [2.24, 2.45) is 5.92 Å². The van der Waals surface area contributed by atoms with Crippen molar-refractivity contribution in [2.75, 3.05) is 5.32 Å². The molecule has 0 saturated heterocycles. The number of carbonyl (C=O) groups excluding carboxylic acids is 4. The van der Waals surface area contributed by atoms with E-state index in [1.807, 2.05) is 24.3 Å². The highest BCUT2D eigenvalue weighted by atomic mass is 16.6. The quantitative estimate of drug-likeness (QED) is 0.222. The molecule has 0 saturated carbocycles. The fourth-order valence-corrected chi connectivity index (χ4v) is 4.53. The Labute approximate surface area is 270 Å². The van der Waals surface area contributed by atoms with Gasteiger partial charge in [0.15, 0.2) is 0 Å². The molecule has 0 aliphatic heterocycles. The van der Waals surface area contributed by atoms with Gasteiger partial charge in [-0.15, -0.1) is 0 Å². The van der Waals surface area contributed by atoms with Crippen molar-refractivity contribution >= 4 is 40.7 Å². The van der Waals surface area contributed by atoms with Gasteiger partial charge in [-0.3, -0.25) is 19.6 Å². The molecule has 0 radical (unpaired) electrons. The van der Waals surface area contributed by atoms with Gasteiger partial charge in [0, 0.05) is 24.6 Å². The van der Waals surface area contributed by atoms with Crippen LogP contribution >= 0.6 is 0 Å². The van der Waals surface area contributed by atoms with E-state index in [2.05, 4.69) is 31.2 Å². The zero-order chi connectivity index (χ0) is 34.1. The van der Waals surface area contributed by atoms with E-state index in [0.717, 1.165) is 11.1 Å². The first-order chi connectivity index (χ1) is 21.5. The summed E-state index contributed by atoms with van der Waals surface area (Å²) in [6.07, 6.45) is 2.51. The topological polar surface area (TPSA) is 161 Å². The van der Waals surface area contributed by atoms with Gasteiger partial charge in [-0.05, 0) is 89.6 Å². The van der Waals surface area contributed by atoms with E-state index in [4.69, 9.17) is 9.47 Å². The Morgan fingerprint density at radius 3 is 2.00 bits per heavy atom. The van der Waals surface area contributed by atoms with Crippen molar-refractivity contribution in [3.63, 3.8) is 0 Å². The standard InChI is InChI=1S/C34H46N6O6/c1-21(2)28(40-32(44)46-34(6,7)8)30(42)39-26(29(41)38-24-14-16-25-27(19-24)36-18-17-35-25)15-13-22-11-9-10-12-23(22)20-37-31(43)45-33(3,4)5/h9-12,14,16-19,21,26,28H,13,15,20H2,1-8H3,(H,37,43)(H,38,41)(H,39,42)(H,40,44)/t26-,28+/m1/s1. The van der Waals surface area contributed by atoms with Gasteiger partial charge in [-0.25, -0.2) is 9.59 Å². The van der Waals surface area contributed by atoms with Crippen LogP contribution in [0.4, 0.5) is 15.3 Å². The molecular weight excluding hydrogens is 588 g/mol. The monoisotopic (exact) mass is 634 g/mol. The zero-order valence-electron chi connectivity index (χ0n) is 27.9. The van der Waals surface area contributed by atoms with Crippen molar-refractivity contribution < 1.29 is 28.7 Å². The highest BCUT2D eigenvalue weighted by molar-refractivity contribution is 5.99. The first-order valence-electron chi connectivity index (χ1n) is 15.4. The predicted octanol–water partition coefficient (Wildman–Crippen LogP) is 5.26. The molecule has 0 bridgehead atoms. The third kappa shape index (κ3) is 11.6. The second-order valence-corrected chi connectivity index (χ2v) is 13.3. The molecule has 4 N–H and O–H groups in total. The Morgan fingerprint density at radius 1 is 0.761 bits per heavy atom. The minimum atomic E-state index is -0.974. The number of hydrogen-bond acceptors (Lipinski definition) is 8. The predicted molar refractivity (Wildman–Crippen MR) is 176 cm³/mol. The van der Waals surface area contributed by atoms with Gasteiger partial charge >= 0.3 is 12.2 Å². The largest absolute Gasteiger partial charge is 0.444 e. The Balaban J connectivity index is 1.81. The number of fused-ring (bicyclic) bond motifs is 1. The van der Waals surface area contributed by atoms with Gasteiger partial charge in [0.2, 0.25) is 11.8 Å². The van der Waals surface area contributed by atoms with Gasteiger partial charge in [-0.2, -0.15) is 0 Å². The first kappa shape index (κ1) is 35.7. The van der Waals surface area contributed by atoms with E-state index in [-0.39, 0.29) is 18.9 Å². The lowest BCUT2D eigenvalue weighted by atomic mass is 9.98. The molecule has 1 heterocycles. The van der Waals surface area contributed by atoms with E-state index in [1.165, 1.54) is 0 Å². The van der Waals surface area contributed by atoms with Gasteiger partial charge < -0.3 is 30.7 Å². The molecule has 12 heteroatoms. The van der Waals surface area contributed by atoms with Crippen LogP contribution in [0.5, 0.6) is 0 Å². The number of amides is 4. The highest BCUT2D eigenvalue weighted by Crippen LogP contribution is 2.18. The number of nitrogens with one attached hydrogen (secondary N) is 4. The lowest BCUT2D eigenvalue weighted by molar-refractivity contribution is -0.128. The summed E-state index contributed by atoms with van der Waals surface area (Å²) in [4.78, 5) is 60.6. The number of nitrogens with zero attached hydrogens (tertiary/aromatic N) is 2. The maximum Gasteiger partial charge on any atom is 0.408 e. The summed E-state index contributed by atoms with van der Waals surface area (Å²) in [6, 6.07) is 10.8. The molecule has 4 amide bonds. The van der Waals surface area contributed by atoms with Gasteiger partial charge in [0.1, 0.15) is 23.3 Å². The molecule has 3 rings (SSSR count). The van der Waals surface area contributed by atoms with Crippen LogP contribution in [0.2, 0.25) is 0 Å². The molecule has 0 aliphatic rings. The second-order valence-electron chi connectivity index (χ2n) is 13.3. The van der Waals surface area contributed by atoms with Crippen LogP contribution in [0.1, 0.15) is 72.9 Å². The lowest BCUT2D eigenvalue weighted by Crippen LogP contribution is -2.55. The van der Waals surface area contributed by atoms with Crippen molar-refractivity contribution in [1.82, 2.24) is 25.9 Å². The molecule has 12 nitrogen and oxygen atoms in total. The lowest BCUT2D eigenvalue weighted by Gasteiger charge is -2.27. The number of carbonyl (C=O) groups is 4. The van der Waals surface area contributed by atoms with Crippen LogP contribution < -0.4 is 21.3 Å². The number of rotatable bonds is 11. The third-order valence-electron chi connectivity index (χ3n) is 6.63. The SMILES string of the molecule is CC(C)[C@H](NC(=O)OC(C)(C)C)C(=O)N[C@H](CCc1ccccc1CNC(=O)OC(C)(C)C)C(=O)Nc1ccc2nccnc2c1. The van der Waals surface area contributed by atoms with Crippen LogP contribution in [-0.2, 0) is 32.0 Å². The van der Waals surface area contributed by atoms with Crippen molar-refractivity contribution in [2.45, 2.75) is 98.1 Å². The Morgan fingerprint density at radius 2 is 1.37 bits per heavy atom. The summed E-state index contributed by atoms with van der Waals surface area (Å²) in [5.74, 6) is -1.26. The van der Waals surface area contributed by atoms with E-state index in [9.17, 15) is 19.2 Å². The van der Waals surface area contributed by atoms with Crippen molar-refractivity contribution in [3.8, 4) is 0 Å². The highest BCUT2D eigenvalue weighted by Gasteiger charge is 2.30. The molecule has 248 valence electrons. The first-order valence-corrected chi connectivity index (χ1v) is 15.4. The maximum atomic E-state index is 13.7. The average Bonchev–Trinajstić information content (AvgIpc) is 2.95. The molecule has 46 heavy (non-hydrogen) atoms. The normalized spacial score (nSPS) is 13.0. The summed E-state index contributed by atoms with van der Waals surface area (Å²) in [5.41, 5.74) is 2.12. The molecule has 0 spiro atoms. The van der Waals surface area contributed by atoms with Crippen LogP contribution in [0.3, 0.4) is 0 Å². The molecular formula is C34H46N6O6. The number of hydrogen-bond donors (Lipinski definition) is 4. The number of aromatic nitrogens is 2. The minimum absolute atomic E-state index is 0.224.